The minimum absolute atomic E-state index is 0.0692. The van der Waals surface area contributed by atoms with Crippen molar-refractivity contribution in [3.63, 3.8) is 0 Å². The molecule has 1 aliphatic rings. The Morgan fingerprint density at radius 3 is 2.38 bits per heavy atom. The Bertz CT molecular complexity index is 790. The van der Waals surface area contributed by atoms with E-state index in [-0.39, 0.29) is 18.1 Å². The highest BCUT2D eigenvalue weighted by molar-refractivity contribution is 7.99. The quantitative estimate of drug-likeness (QED) is 0.656. The number of carbonyl (C=O) groups excluding carboxylic acids is 1. The Labute approximate surface area is 176 Å². The third-order valence-corrected chi connectivity index (χ3v) is 5.82. The van der Waals surface area contributed by atoms with E-state index in [9.17, 15) is 4.79 Å². The van der Waals surface area contributed by atoms with E-state index in [0.29, 0.717) is 23.4 Å². The molecule has 0 radical (unpaired) electrons. The molecule has 3 rings (SSSR count). The highest BCUT2D eigenvalue weighted by atomic mass is 32.2. The molecule has 1 N–H and O–H groups in total. The molecule has 7 heteroatoms. The van der Waals surface area contributed by atoms with Gasteiger partial charge in [0.2, 0.25) is 5.91 Å². The van der Waals surface area contributed by atoms with Crippen LogP contribution in [0.5, 0.6) is 11.8 Å². The van der Waals surface area contributed by atoms with E-state index < -0.39 is 0 Å². The van der Waals surface area contributed by atoms with Crippen LogP contribution in [0.2, 0.25) is 0 Å². The average molecular weight is 416 g/mol. The minimum atomic E-state index is 0.0692. The average Bonchev–Trinajstić information content (AvgIpc) is 2.71. The molecule has 6 nitrogen and oxygen atoms in total. The van der Waals surface area contributed by atoms with Gasteiger partial charge in [0, 0.05) is 28.6 Å². The smallest absolute Gasteiger partial charge is 0.278 e. The molecule has 0 saturated heterocycles. The van der Waals surface area contributed by atoms with Crippen LogP contribution in [0.15, 0.2) is 41.6 Å². The molecule has 0 atom stereocenters. The molecule has 1 fully saturated rings. The lowest BCUT2D eigenvalue weighted by atomic mass is 9.92. The maximum atomic E-state index is 12.4. The maximum absolute atomic E-state index is 12.4. The monoisotopic (exact) mass is 415 g/mol. The van der Waals surface area contributed by atoms with Crippen molar-refractivity contribution in [1.82, 2.24) is 15.3 Å². The molecular weight excluding hydrogens is 386 g/mol. The van der Waals surface area contributed by atoms with Crippen molar-refractivity contribution in [3.05, 3.63) is 42.2 Å². The number of ether oxygens (including phenoxy) is 2. The van der Waals surface area contributed by atoms with Crippen LogP contribution >= 0.6 is 11.8 Å². The predicted molar refractivity (Wildman–Crippen MR) is 115 cm³/mol. The molecule has 1 aromatic heterocycles. The van der Waals surface area contributed by atoms with Gasteiger partial charge in [0.25, 0.3) is 11.8 Å². The van der Waals surface area contributed by atoms with Gasteiger partial charge in [-0.15, -0.1) is 11.8 Å². The normalized spacial score (nSPS) is 19.0. The van der Waals surface area contributed by atoms with Crippen molar-refractivity contribution >= 4 is 17.7 Å². The number of hydrogen-bond acceptors (Lipinski definition) is 6. The molecule has 1 saturated carbocycles. The number of nitrogens with one attached hydrogen (secondary N) is 1. The number of benzene rings is 1. The van der Waals surface area contributed by atoms with Crippen LogP contribution in [0.1, 0.15) is 45.1 Å². The first-order valence-corrected chi connectivity index (χ1v) is 11.0. The summed E-state index contributed by atoms with van der Waals surface area (Å²) >= 11 is 1.83. The summed E-state index contributed by atoms with van der Waals surface area (Å²) in [5.74, 6) is 0.913. The van der Waals surface area contributed by atoms with Gasteiger partial charge in [0.15, 0.2) is 0 Å². The Morgan fingerprint density at radius 2 is 1.76 bits per heavy atom. The Hall–Kier alpha value is -2.28. The van der Waals surface area contributed by atoms with Gasteiger partial charge in [-0.3, -0.25) is 4.79 Å². The second kappa shape index (κ2) is 10.5. The fourth-order valence-electron chi connectivity index (χ4n) is 3.44. The van der Waals surface area contributed by atoms with E-state index in [4.69, 9.17) is 9.47 Å². The summed E-state index contributed by atoms with van der Waals surface area (Å²) in [7, 11) is 1.56. The first-order valence-electron chi connectivity index (χ1n) is 10.1. The Morgan fingerprint density at radius 1 is 1.10 bits per heavy atom. The van der Waals surface area contributed by atoms with Gasteiger partial charge in [-0.05, 0) is 43.4 Å². The van der Waals surface area contributed by atoms with Gasteiger partial charge in [0.1, 0.15) is 6.10 Å². The van der Waals surface area contributed by atoms with E-state index in [1.165, 1.54) is 4.90 Å². The van der Waals surface area contributed by atoms with Crippen molar-refractivity contribution < 1.29 is 14.3 Å². The van der Waals surface area contributed by atoms with E-state index >= 15 is 0 Å². The summed E-state index contributed by atoms with van der Waals surface area (Å²) in [6, 6.07) is 8.47. The van der Waals surface area contributed by atoms with Gasteiger partial charge >= 0.3 is 0 Å². The molecule has 0 bridgehead atoms. The summed E-state index contributed by atoms with van der Waals surface area (Å²) in [5, 5.41) is 3.72. The van der Waals surface area contributed by atoms with E-state index in [1.807, 2.05) is 23.9 Å². The lowest BCUT2D eigenvalue weighted by Crippen LogP contribution is -2.40. The van der Waals surface area contributed by atoms with Crippen LogP contribution in [-0.4, -0.2) is 40.4 Å². The second-order valence-electron chi connectivity index (χ2n) is 7.52. The molecule has 0 spiro atoms. The zero-order chi connectivity index (χ0) is 20.6. The standard InChI is InChI=1S/C22H29N3O3S/c1-15(2)29-19-10-4-16(5-11-19)14-20(26)25-17-6-8-18(9-7-17)28-22-21(27-3)23-12-13-24-22/h4-5,10-13,15,17-18H,6-9,14H2,1-3H3,(H,25,26). The molecule has 0 unspecified atom stereocenters. The number of methoxy groups -OCH3 is 1. The lowest BCUT2D eigenvalue weighted by molar-refractivity contribution is -0.121. The fourth-order valence-corrected chi connectivity index (χ4v) is 4.28. The number of amides is 1. The zero-order valence-electron chi connectivity index (χ0n) is 17.3. The minimum Gasteiger partial charge on any atom is -0.477 e. The van der Waals surface area contributed by atoms with E-state index in [0.717, 1.165) is 31.2 Å². The summed E-state index contributed by atoms with van der Waals surface area (Å²) in [6.45, 7) is 4.35. The largest absolute Gasteiger partial charge is 0.477 e. The maximum Gasteiger partial charge on any atom is 0.278 e. The topological polar surface area (TPSA) is 73.3 Å². The van der Waals surface area contributed by atoms with Crippen molar-refractivity contribution in [3.8, 4) is 11.8 Å². The van der Waals surface area contributed by atoms with Crippen LogP contribution in [-0.2, 0) is 11.2 Å². The summed E-state index contributed by atoms with van der Waals surface area (Å²) in [6.07, 6.45) is 7.18. The van der Waals surface area contributed by atoms with Crippen molar-refractivity contribution in [2.24, 2.45) is 0 Å². The van der Waals surface area contributed by atoms with Gasteiger partial charge in [0.05, 0.1) is 13.5 Å². The summed E-state index contributed by atoms with van der Waals surface area (Å²) in [5.41, 5.74) is 1.04. The first kappa shape index (κ1) is 21.4. The lowest BCUT2D eigenvalue weighted by Gasteiger charge is -2.29. The summed E-state index contributed by atoms with van der Waals surface area (Å²) < 4.78 is 11.1. The molecular formula is C22H29N3O3S. The van der Waals surface area contributed by atoms with Crippen molar-refractivity contribution in [2.45, 2.75) is 68.2 Å². The van der Waals surface area contributed by atoms with E-state index in [2.05, 4.69) is 41.3 Å². The fraction of sp³-hybridized carbons (Fsp3) is 0.500. The van der Waals surface area contributed by atoms with Crippen LogP contribution in [0.3, 0.4) is 0 Å². The van der Waals surface area contributed by atoms with E-state index in [1.54, 1.807) is 19.5 Å². The number of thioether (sulfide) groups is 1. The number of carbonyl (C=O) groups is 1. The van der Waals surface area contributed by atoms with Crippen LogP contribution in [0, 0.1) is 0 Å². The first-order chi connectivity index (χ1) is 14.0. The highest BCUT2D eigenvalue weighted by Crippen LogP contribution is 2.27. The van der Waals surface area contributed by atoms with Gasteiger partial charge in [-0.1, -0.05) is 26.0 Å². The van der Waals surface area contributed by atoms with Crippen LogP contribution < -0.4 is 14.8 Å². The zero-order valence-corrected chi connectivity index (χ0v) is 18.1. The number of rotatable bonds is 8. The van der Waals surface area contributed by atoms with Crippen LogP contribution in [0.4, 0.5) is 0 Å². The third kappa shape index (κ3) is 6.63. The Kier molecular flexibility index (Phi) is 7.75. The Balaban J connectivity index is 1.42. The van der Waals surface area contributed by atoms with Crippen molar-refractivity contribution in [1.29, 1.82) is 0 Å². The molecule has 1 amide bonds. The summed E-state index contributed by atoms with van der Waals surface area (Å²) in [4.78, 5) is 22.0. The van der Waals surface area contributed by atoms with Crippen molar-refractivity contribution in [2.75, 3.05) is 7.11 Å². The third-order valence-electron chi connectivity index (χ3n) is 4.80. The molecule has 2 aromatic rings. The predicted octanol–water partition coefficient (Wildman–Crippen LogP) is 4.03. The number of hydrogen-bond donors (Lipinski definition) is 1. The number of nitrogens with zero attached hydrogens (tertiary/aromatic N) is 2. The van der Waals surface area contributed by atoms with Gasteiger partial charge in [-0.2, -0.15) is 0 Å². The molecule has 156 valence electrons. The number of aromatic nitrogens is 2. The molecule has 29 heavy (non-hydrogen) atoms. The molecule has 0 aliphatic heterocycles. The SMILES string of the molecule is COc1nccnc1OC1CCC(NC(=O)Cc2ccc(SC(C)C)cc2)CC1. The molecule has 1 aromatic carbocycles. The van der Waals surface area contributed by atoms with Gasteiger partial charge < -0.3 is 14.8 Å². The van der Waals surface area contributed by atoms with Gasteiger partial charge in [-0.25, -0.2) is 9.97 Å². The highest BCUT2D eigenvalue weighted by Gasteiger charge is 2.25. The molecule has 1 aliphatic carbocycles. The molecule has 1 heterocycles. The second-order valence-corrected chi connectivity index (χ2v) is 9.17. The van der Waals surface area contributed by atoms with Crippen LogP contribution in [0.25, 0.3) is 0 Å².